The van der Waals surface area contributed by atoms with Crippen molar-refractivity contribution < 1.29 is 4.39 Å². The van der Waals surface area contributed by atoms with Gasteiger partial charge in [0.1, 0.15) is 5.82 Å². The lowest BCUT2D eigenvalue weighted by Gasteiger charge is -2.39. The van der Waals surface area contributed by atoms with E-state index in [0.717, 1.165) is 17.4 Å². The molecule has 0 bridgehead atoms. The molecule has 0 radical (unpaired) electrons. The molecule has 20 heavy (non-hydrogen) atoms. The normalized spacial score (nSPS) is 28.6. The van der Waals surface area contributed by atoms with E-state index in [-0.39, 0.29) is 11.9 Å². The fraction of sp³-hybridized carbons (Fsp3) is 0.706. The number of nitrogens with one attached hydrogen (secondary N) is 1. The first-order valence-electron chi connectivity index (χ1n) is 7.84. The lowest BCUT2D eigenvalue weighted by atomic mass is 9.73. The van der Waals surface area contributed by atoms with Gasteiger partial charge in [-0.3, -0.25) is 4.98 Å². The van der Waals surface area contributed by atoms with Crippen LogP contribution in [0.15, 0.2) is 18.5 Å². The van der Waals surface area contributed by atoms with Gasteiger partial charge in [-0.25, -0.2) is 4.39 Å². The van der Waals surface area contributed by atoms with Gasteiger partial charge in [0.15, 0.2) is 0 Å². The predicted molar refractivity (Wildman–Crippen MR) is 80.9 cm³/mol. The Morgan fingerprint density at radius 3 is 2.65 bits per heavy atom. The number of hydrogen-bond donors (Lipinski definition) is 1. The molecule has 1 aliphatic rings. The van der Waals surface area contributed by atoms with E-state index in [4.69, 9.17) is 0 Å². The van der Waals surface area contributed by atoms with Crippen molar-refractivity contribution in [2.75, 3.05) is 0 Å². The van der Waals surface area contributed by atoms with E-state index in [1.54, 1.807) is 12.3 Å². The second-order valence-electron chi connectivity index (χ2n) is 6.76. The zero-order chi connectivity index (χ0) is 14.7. The molecule has 112 valence electrons. The quantitative estimate of drug-likeness (QED) is 0.886. The third-order valence-corrected chi connectivity index (χ3v) is 4.71. The minimum atomic E-state index is -0.256. The number of aromatic nitrogens is 1. The van der Waals surface area contributed by atoms with Crippen LogP contribution in [-0.4, -0.2) is 11.0 Å². The molecule has 1 heterocycles. The molecule has 1 aromatic rings. The zero-order valence-corrected chi connectivity index (χ0v) is 13.1. The van der Waals surface area contributed by atoms with Gasteiger partial charge in [-0.1, -0.05) is 27.2 Å². The fourth-order valence-corrected chi connectivity index (χ4v) is 3.48. The molecule has 0 saturated heterocycles. The molecule has 1 aromatic heterocycles. The van der Waals surface area contributed by atoms with Gasteiger partial charge < -0.3 is 5.32 Å². The van der Waals surface area contributed by atoms with Crippen molar-refractivity contribution in [2.45, 2.75) is 59.0 Å². The van der Waals surface area contributed by atoms with Gasteiger partial charge in [-0.15, -0.1) is 0 Å². The van der Waals surface area contributed by atoms with E-state index in [2.05, 4.69) is 38.0 Å². The predicted octanol–water partition coefficient (Wildman–Crippen LogP) is 4.33. The Morgan fingerprint density at radius 1 is 1.25 bits per heavy atom. The molecule has 4 unspecified atom stereocenters. The van der Waals surface area contributed by atoms with Gasteiger partial charge in [0.05, 0.1) is 6.20 Å². The molecule has 1 N–H and O–H groups in total. The summed E-state index contributed by atoms with van der Waals surface area (Å²) in [6, 6.07) is 2.26. The van der Waals surface area contributed by atoms with Gasteiger partial charge in [0.2, 0.25) is 0 Å². The van der Waals surface area contributed by atoms with E-state index in [0.29, 0.717) is 12.0 Å². The van der Waals surface area contributed by atoms with Gasteiger partial charge in [-0.05, 0) is 49.1 Å². The summed E-state index contributed by atoms with van der Waals surface area (Å²) in [7, 11) is 0. The molecule has 3 heteroatoms. The maximum Gasteiger partial charge on any atom is 0.141 e. The molecule has 0 aromatic carbocycles. The van der Waals surface area contributed by atoms with Crippen LogP contribution in [0, 0.1) is 23.6 Å². The highest BCUT2D eigenvalue weighted by Crippen LogP contribution is 2.34. The van der Waals surface area contributed by atoms with E-state index >= 15 is 0 Å². The molecule has 1 fully saturated rings. The molecule has 2 rings (SSSR count). The summed E-state index contributed by atoms with van der Waals surface area (Å²) in [5.41, 5.74) is 0.936. The van der Waals surface area contributed by atoms with Crippen LogP contribution >= 0.6 is 0 Å². The lowest BCUT2D eigenvalue weighted by Crippen LogP contribution is -2.43. The smallest absolute Gasteiger partial charge is 0.141 e. The molecule has 0 amide bonds. The molecular weight excluding hydrogens is 251 g/mol. The molecule has 1 saturated carbocycles. The molecule has 2 nitrogen and oxygen atoms in total. The number of pyridine rings is 1. The van der Waals surface area contributed by atoms with Gasteiger partial charge in [-0.2, -0.15) is 0 Å². The van der Waals surface area contributed by atoms with Crippen molar-refractivity contribution in [1.29, 1.82) is 0 Å². The first-order valence-corrected chi connectivity index (χ1v) is 7.84. The van der Waals surface area contributed by atoms with E-state index < -0.39 is 0 Å². The van der Waals surface area contributed by atoms with Crippen LogP contribution in [0.1, 0.15) is 58.6 Å². The average molecular weight is 278 g/mol. The summed E-state index contributed by atoms with van der Waals surface area (Å²) in [5.74, 6) is 1.93. The first-order chi connectivity index (χ1) is 9.47. The Balaban J connectivity index is 2.05. The Hall–Kier alpha value is -0.960. The van der Waals surface area contributed by atoms with Gasteiger partial charge in [0, 0.05) is 18.3 Å². The molecular formula is C17H27FN2. The van der Waals surface area contributed by atoms with Gasteiger partial charge >= 0.3 is 0 Å². The van der Waals surface area contributed by atoms with E-state index in [1.165, 1.54) is 25.5 Å². The summed E-state index contributed by atoms with van der Waals surface area (Å²) in [5, 5.41) is 3.72. The maximum absolute atomic E-state index is 13.3. The zero-order valence-electron chi connectivity index (χ0n) is 13.1. The van der Waals surface area contributed by atoms with E-state index in [9.17, 15) is 4.39 Å². The summed E-state index contributed by atoms with van der Waals surface area (Å²) in [6.07, 6.45) is 6.87. The Labute approximate surface area is 122 Å². The van der Waals surface area contributed by atoms with Gasteiger partial charge in [0.25, 0.3) is 0 Å². The van der Waals surface area contributed by atoms with Crippen molar-refractivity contribution in [2.24, 2.45) is 17.8 Å². The molecule has 0 spiro atoms. The number of halogens is 1. The standard InChI is InChI=1S/C17H27FN2/c1-11(2)16-6-5-12(3)7-17(16)20-13(4)14-8-15(18)10-19-9-14/h8-13,16-17,20H,5-7H2,1-4H3. The highest BCUT2D eigenvalue weighted by Gasteiger charge is 2.31. The minimum absolute atomic E-state index is 0.148. The highest BCUT2D eigenvalue weighted by atomic mass is 19.1. The second-order valence-corrected chi connectivity index (χ2v) is 6.76. The van der Waals surface area contributed by atoms with Crippen LogP contribution in [0.4, 0.5) is 4.39 Å². The fourth-order valence-electron chi connectivity index (χ4n) is 3.48. The maximum atomic E-state index is 13.3. The lowest BCUT2D eigenvalue weighted by molar-refractivity contribution is 0.161. The van der Waals surface area contributed by atoms with E-state index in [1.807, 2.05) is 0 Å². The van der Waals surface area contributed by atoms with Crippen molar-refractivity contribution in [1.82, 2.24) is 10.3 Å². The number of hydrogen-bond acceptors (Lipinski definition) is 2. The summed E-state index contributed by atoms with van der Waals surface area (Å²) in [6.45, 7) is 9.06. The largest absolute Gasteiger partial charge is 0.307 e. The van der Waals surface area contributed by atoms with Crippen LogP contribution < -0.4 is 5.32 Å². The topological polar surface area (TPSA) is 24.9 Å². The van der Waals surface area contributed by atoms with Crippen molar-refractivity contribution in [3.8, 4) is 0 Å². The van der Waals surface area contributed by atoms with Crippen molar-refractivity contribution in [3.63, 3.8) is 0 Å². The SMILES string of the molecule is CC1CCC(C(C)C)C(NC(C)c2cncc(F)c2)C1. The summed E-state index contributed by atoms with van der Waals surface area (Å²) >= 11 is 0. The Bertz CT molecular complexity index is 433. The van der Waals surface area contributed by atoms with Crippen LogP contribution in [0.3, 0.4) is 0 Å². The van der Waals surface area contributed by atoms with Crippen LogP contribution in [0.5, 0.6) is 0 Å². The molecule has 0 aliphatic heterocycles. The Kier molecular flexibility index (Phi) is 5.14. The van der Waals surface area contributed by atoms with Crippen molar-refractivity contribution in [3.05, 3.63) is 29.8 Å². The average Bonchev–Trinajstić information content (AvgIpc) is 2.38. The Morgan fingerprint density at radius 2 is 2.00 bits per heavy atom. The third kappa shape index (κ3) is 3.78. The van der Waals surface area contributed by atoms with Crippen LogP contribution in [-0.2, 0) is 0 Å². The third-order valence-electron chi connectivity index (χ3n) is 4.71. The van der Waals surface area contributed by atoms with Crippen LogP contribution in [0.25, 0.3) is 0 Å². The highest BCUT2D eigenvalue weighted by molar-refractivity contribution is 5.14. The van der Waals surface area contributed by atoms with Crippen LogP contribution in [0.2, 0.25) is 0 Å². The second kappa shape index (κ2) is 6.66. The number of nitrogens with zero attached hydrogens (tertiary/aromatic N) is 1. The first kappa shape index (κ1) is 15.4. The molecule has 4 atom stereocenters. The number of rotatable bonds is 4. The van der Waals surface area contributed by atoms with Crippen molar-refractivity contribution >= 4 is 0 Å². The summed E-state index contributed by atoms with van der Waals surface area (Å²) in [4.78, 5) is 3.95. The molecule has 1 aliphatic carbocycles. The monoisotopic (exact) mass is 278 g/mol. The summed E-state index contributed by atoms with van der Waals surface area (Å²) < 4.78 is 13.3. The minimum Gasteiger partial charge on any atom is -0.307 e.